The van der Waals surface area contributed by atoms with Gasteiger partial charge in [-0.25, -0.2) is 4.79 Å². The Morgan fingerprint density at radius 2 is 1.75 bits per heavy atom. The van der Waals surface area contributed by atoms with Crippen molar-refractivity contribution in [3.8, 4) is 11.4 Å². The van der Waals surface area contributed by atoms with Gasteiger partial charge in [-0.05, 0) is 73.0 Å². The Hall–Kier alpha value is -4.55. The molecule has 2 aliphatic heterocycles. The van der Waals surface area contributed by atoms with Crippen LogP contribution in [-0.2, 0) is 9.59 Å². The van der Waals surface area contributed by atoms with Gasteiger partial charge in [-0.1, -0.05) is 59.7 Å². The number of benzene rings is 3. The third kappa shape index (κ3) is 5.95. The molecule has 3 heterocycles. The molecule has 1 N–H and O–H groups in total. The number of hydrogen-bond acceptors (Lipinski definition) is 9. The number of para-hydroxylation sites is 1. The van der Waals surface area contributed by atoms with Crippen LogP contribution in [0.1, 0.15) is 31.7 Å². The number of likely N-dealkylation sites (tertiary alicyclic amines) is 1. The Morgan fingerprint density at radius 1 is 1.05 bits per heavy atom. The summed E-state index contributed by atoms with van der Waals surface area (Å²) in [6.07, 6.45) is 1.98. The van der Waals surface area contributed by atoms with E-state index in [1.165, 1.54) is 11.8 Å². The fourth-order valence-electron chi connectivity index (χ4n) is 5.36. The summed E-state index contributed by atoms with van der Waals surface area (Å²) in [4.78, 5) is 29.4. The van der Waals surface area contributed by atoms with Crippen molar-refractivity contribution in [2.45, 2.75) is 49.6 Å². The molecule has 0 radical (unpaired) electrons. The molecule has 0 aliphatic carbocycles. The number of nitrogens with zero attached hydrogens (tertiary/aromatic N) is 7. The van der Waals surface area contributed by atoms with Crippen molar-refractivity contribution in [3.63, 3.8) is 0 Å². The molecule has 0 bridgehead atoms. The van der Waals surface area contributed by atoms with Crippen molar-refractivity contribution in [3.05, 3.63) is 84.4 Å². The number of amidine groups is 1. The fourth-order valence-corrected chi connectivity index (χ4v) is 6.50. The lowest BCUT2D eigenvalue weighted by Gasteiger charge is -2.21. The smallest absolute Gasteiger partial charge is 0.366 e. The van der Waals surface area contributed by atoms with Gasteiger partial charge in [0.25, 0.3) is 5.91 Å². The summed E-state index contributed by atoms with van der Waals surface area (Å²) in [6.45, 7) is 5.61. The number of rotatable bonds is 9. The highest BCUT2D eigenvalue weighted by atomic mass is 32.2. The molecule has 1 fully saturated rings. The second-order valence-electron chi connectivity index (χ2n) is 11.0. The number of carbonyl (C=O) groups is 2. The van der Waals surface area contributed by atoms with E-state index in [1.807, 2.05) is 80.6 Å². The van der Waals surface area contributed by atoms with Crippen molar-refractivity contribution >= 4 is 40.8 Å². The van der Waals surface area contributed by atoms with Crippen LogP contribution in [-0.4, -0.2) is 74.2 Å². The second kappa shape index (κ2) is 12.6. The quantitative estimate of drug-likeness (QED) is 0.268. The lowest BCUT2D eigenvalue weighted by atomic mass is 10.2. The van der Waals surface area contributed by atoms with Gasteiger partial charge in [-0.3, -0.25) is 4.79 Å². The standard InChI is InChI=1S/C32H34N8O3S/c1-4-27(43-26-18-12-22(2)13-19-26)30(41)33-23-14-16-25(17-15-23)40(3)31(42)28(29(35-40)38-20-8-9-21-38)44-32-34-36-37-39(32)24-10-6-5-7-11-24/h5-7,10-19,27-28H,4,8-9,20-21H2,1-3H3/p+1. The van der Waals surface area contributed by atoms with Gasteiger partial charge in [0.2, 0.25) is 5.16 Å². The van der Waals surface area contributed by atoms with Crippen LogP contribution in [0.4, 0.5) is 11.4 Å². The number of aromatic nitrogens is 4. The number of anilines is 1. The summed E-state index contributed by atoms with van der Waals surface area (Å²) in [6, 6.07) is 24.5. The SMILES string of the molecule is CCC(Oc1ccc(C)cc1)C(=O)Nc1ccc([N+]2(C)N=C(N3CCCC3)C(Sc3nnnn3-c3ccccc3)C2=O)cc1. The van der Waals surface area contributed by atoms with Crippen molar-refractivity contribution in [2.24, 2.45) is 5.10 Å². The third-order valence-corrected chi connectivity index (χ3v) is 9.00. The molecule has 3 unspecified atom stereocenters. The molecule has 0 saturated carbocycles. The summed E-state index contributed by atoms with van der Waals surface area (Å²) in [5.41, 5.74) is 3.24. The summed E-state index contributed by atoms with van der Waals surface area (Å²) in [5.74, 6) is 1.06. The Bertz CT molecular complexity index is 1650. The van der Waals surface area contributed by atoms with Gasteiger partial charge in [-0.15, -0.1) is 9.69 Å². The van der Waals surface area contributed by atoms with Crippen LogP contribution in [0.5, 0.6) is 5.75 Å². The van der Waals surface area contributed by atoms with Crippen LogP contribution in [0, 0.1) is 6.92 Å². The number of tetrazole rings is 1. The first kappa shape index (κ1) is 29.5. The van der Waals surface area contributed by atoms with E-state index in [-0.39, 0.29) is 16.4 Å². The van der Waals surface area contributed by atoms with Gasteiger partial charge in [0, 0.05) is 30.9 Å². The molecule has 11 nitrogen and oxygen atoms in total. The number of hydrogen-bond donors (Lipinski definition) is 1. The van der Waals surface area contributed by atoms with Gasteiger partial charge in [0.15, 0.2) is 22.9 Å². The van der Waals surface area contributed by atoms with Gasteiger partial charge >= 0.3 is 5.91 Å². The predicted molar refractivity (Wildman–Crippen MR) is 171 cm³/mol. The molecule has 44 heavy (non-hydrogen) atoms. The zero-order valence-corrected chi connectivity index (χ0v) is 25.8. The average molecular weight is 612 g/mol. The molecule has 226 valence electrons. The van der Waals surface area contributed by atoms with E-state index >= 15 is 0 Å². The molecule has 2 aliphatic rings. The number of quaternary nitrogens is 1. The Labute approximate surface area is 260 Å². The predicted octanol–water partition coefficient (Wildman–Crippen LogP) is 4.81. The number of carbonyl (C=O) groups excluding carboxylic acids is 2. The highest BCUT2D eigenvalue weighted by Gasteiger charge is 2.53. The molecule has 3 aromatic carbocycles. The molecule has 0 spiro atoms. The molecule has 12 heteroatoms. The van der Waals surface area contributed by atoms with Crippen molar-refractivity contribution in [2.75, 3.05) is 25.5 Å². The molecule has 4 aromatic rings. The molecule has 1 saturated heterocycles. The van der Waals surface area contributed by atoms with Gasteiger partial charge in [-0.2, -0.15) is 4.68 Å². The lowest BCUT2D eigenvalue weighted by Crippen LogP contribution is -2.46. The normalized spacial score (nSPS) is 20.4. The van der Waals surface area contributed by atoms with E-state index in [9.17, 15) is 9.59 Å². The van der Waals surface area contributed by atoms with E-state index < -0.39 is 11.4 Å². The number of amides is 2. The van der Waals surface area contributed by atoms with Gasteiger partial charge in [0.1, 0.15) is 12.8 Å². The third-order valence-electron chi connectivity index (χ3n) is 7.89. The zero-order valence-electron chi connectivity index (χ0n) is 25.0. The molecular formula is C32H35N8O3S+. The average Bonchev–Trinajstić information content (AvgIpc) is 3.80. The molecule has 6 rings (SSSR count). The summed E-state index contributed by atoms with van der Waals surface area (Å²) in [7, 11) is 1.80. The van der Waals surface area contributed by atoms with E-state index in [0.717, 1.165) is 43.0 Å². The van der Waals surface area contributed by atoms with Gasteiger partial charge < -0.3 is 15.0 Å². The summed E-state index contributed by atoms with van der Waals surface area (Å²) >= 11 is 1.32. The summed E-state index contributed by atoms with van der Waals surface area (Å²) in [5, 5.41) is 20.2. The van der Waals surface area contributed by atoms with Crippen LogP contribution in [0.3, 0.4) is 0 Å². The maximum absolute atomic E-state index is 14.2. The number of ether oxygens (including phenoxy) is 1. The minimum atomic E-state index is -0.639. The Balaban J connectivity index is 1.21. The molecular weight excluding hydrogens is 576 g/mol. The first-order valence-electron chi connectivity index (χ1n) is 14.8. The summed E-state index contributed by atoms with van der Waals surface area (Å²) < 4.78 is 7.33. The van der Waals surface area contributed by atoms with Crippen LogP contribution < -0.4 is 14.6 Å². The van der Waals surface area contributed by atoms with E-state index in [0.29, 0.717) is 28.7 Å². The Kier molecular flexibility index (Phi) is 8.45. The highest BCUT2D eigenvalue weighted by molar-refractivity contribution is 8.01. The van der Waals surface area contributed by atoms with Crippen molar-refractivity contribution in [1.29, 1.82) is 0 Å². The van der Waals surface area contributed by atoms with Crippen LogP contribution in [0.15, 0.2) is 89.1 Å². The number of thioether (sulfide) groups is 1. The first-order valence-corrected chi connectivity index (χ1v) is 15.6. The maximum Gasteiger partial charge on any atom is 0.366 e. The van der Waals surface area contributed by atoms with E-state index in [4.69, 9.17) is 9.84 Å². The van der Waals surface area contributed by atoms with Crippen molar-refractivity contribution < 1.29 is 14.3 Å². The molecule has 1 aromatic heterocycles. The minimum Gasteiger partial charge on any atom is -0.481 e. The first-order chi connectivity index (χ1) is 21.4. The van der Waals surface area contributed by atoms with Gasteiger partial charge in [0.05, 0.1) is 5.69 Å². The monoisotopic (exact) mass is 611 g/mol. The topological polar surface area (TPSA) is 115 Å². The highest BCUT2D eigenvalue weighted by Crippen LogP contribution is 2.37. The van der Waals surface area contributed by atoms with Crippen LogP contribution >= 0.6 is 11.8 Å². The number of nitrogens with one attached hydrogen (secondary N) is 1. The van der Waals surface area contributed by atoms with Crippen LogP contribution in [0.25, 0.3) is 5.69 Å². The van der Waals surface area contributed by atoms with Crippen LogP contribution in [0.2, 0.25) is 0 Å². The fraction of sp³-hybridized carbons (Fsp3) is 0.312. The number of aryl methyl sites for hydroxylation is 1. The van der Waals surface area contributed by atoms with Crippen molar-refractivity contribution in [1.82, 2.24) is 29.7 Å². The Morgan fingerprint density at radius 3 is 2.43 bits per heavy atom. The molecule has 2 amide bonds. The molecule has 3 atom stereocenters. The largest absolute Gasteiger partial charge is 0.481 e. The van der Waals surface area contributed by atoms with E-state index in [2.05, 4.69) is 25.7 Å². The minimum absolute atomic E-state index is 0.0890. The lowest BCUT2D eigenvalue weighted by molar-refractivity contribution is -0.126. The second-order valence-corrected chi connectivity index (χ2v) is 12.1. The zero-order chi connectivity index (χ0) is 30.7. The van der Waals surface area contributed by atoms with E-state index in [1.54, 1.807) is 23.9 Å². The maximum atomic E-state index is 14.2.